The van der Waals surface area contributed by atoms with Crippen LogP contribution in [0.5, 0.6) is 0 Å². The number of hydrogen-bond acceptors (Lipinski definition) is 2. The van der Waals surface area contributed by atoms with Crippen LogP contribution in [-0.2, 0) is 16.0 Å². The maximum absolute atomic E-state index is 12.3. The first-order chi connectivity index (χ1) is 11.0. The van der Waals surface area contributed by atoms with Gasteiger partial charge in [-0.25, -0.2) is 0 Å². The molecule has 0 bridgehead atoms. The third-order valence-corrected chi connectivity index (χ3v) is 3.67. The fourth-order valence-electron chi connectivity index (χ4n) is 2.46. The van der Waals surface area contributed by atoms with Crippen molar-refractivity contribution >= 4 is 23.2 Å². The number of benzene rings is 2. The highest BCUT2D eigenvalue weighted by Gasteiger charge is 2.16. The van der Waals surface area contributed by atoms with Gasteiger partial charge in [-0.1, -0.05) is 37.3 Å². The van der Waals surface area contributed by atoms with E-state index in [0.29, 0.717) is 0 Å². The van der Waals surface area contributed by atoms with Gasteiger partial charge in [0.25, 0.3) is 0 Å². The van der Waals surface area contributed by atoms with E-state index in [-0.39, 0.29) is 18.4 Å². The molecular weight excluding hydrogens is 288 g/mol. The highest BCUT2D eigenvalue weighted by atomic mass is 16.2. The van der Waals surface area contributed by atoms with Gasteiger partial charge < -0.3 is 10.2 Å². The topological polar surface area (TPSA) is 49.4 Å². The molecule has 23 heavy (non-hydrogen) atoms. The van der Waals surface area contributed by atoms with Crippen LogP contribution in [0.15, 0.2) is 48.5 Å². The van der Waals surface area contributed by atoms with Crippen LogP contribution in [0, 0.1) is 6.92 Å². The van der Waals surface area contributed by atoms with Crippen molar-refractivity contribution in [3.05, 3.63) is 59.7 Å². The van der Waals surface area contributed by atoms with E-state index in [9.17, 15) is 9.59 Å². The van der Waals surface area contributed by atoms with Crippen LogP contribution in [-0.4, -0.2) is 18.4 Å². The average Bonchev–Trinajstić information content (AvgIpc) is 2.53. The number of carbonyl (C=O) groups excluding carboxylic acids is 2. The van der Waals surface area contributed by atoms with E-state index in [4.69, 9.17) is 0 Å². The largest absolute Gasteiger partial charge is 0.324 e. The van der Waals surface area contributed by atoms with Gasteiger partial charge in [0.15, 0.2) is 0 Å². The molecule has 1 N–H and O–H groups in total. The smallest absolute Gasteiger partial charge is 0.244 e. The van der Waals surface area contributed by atoms with Crippen molar-refractivity contribution in [3.63, 3.8) is 0 Å². The lowest BCUT2D eigenvalue weighted by Gasteiger charge is -2.21. The highest BCUT2D eigenvalue weighted by molar-refractivity contribution is 6.02. The summed E-state index contributed by atoms with van der Waals surface area (Å²) < 4.78 is 0. The van der Waals surface area contributed by atoms with Crippen molar-refractivity contribution in [2.75, 3.05) is 16.8 Å². The minimum absolute atomic E-state index is 0.00314. The van der Waals surface area contributed by atoms with Gasteiger partial charge >= 0.3 is 0 Å². The van der Waals surface area contributed by atoms with E-state index in [1.165, 1.54) is 11.8 Å². The Balaban J connectivity index is 2.14. The molecule has 0 aliphatic rings. The fraction of sp³-hybridized carbons (Fsp3) is 0.263. The number of aryl methyl sites for hydroxylation is 2. The van der Waals surface area contributed by atoms with Crippen LogP contribution in [0.1, 0.15) is 25.0 Å². The second-order valence-corrected chi connectivity index (χ2v) is 5.50. The molecule has 2 aromatic carbocycles. The summed E-state index contributed by atoms with van der Waals surface area (Å²) in [5.41, 5.74) is 3.65. The van der Waals surface area contributed by atoms with Crippen molar-refractivity contribution in [1.29, 1.82) is 0 Å². The van der Waals surface area contributed by atoms with Crippen LogP contribution >= 0.6 is 0 Å². The van der Waals surface area contributed by atoms with Gasteiger partial charge in [0.05, 0.1) is 0 Å². The Labute approximate surface area is 137 Å². The summed E-state index contributed by atoms with van der Waals surface area (Å²) in [6, 6.07) is 15.3. The van der Waals surface area contributed by atoms with Crippen LogP contribution in [0.25, 0.3) is 0 Å². The summed E-state index contributed by atoms with van der Waals surface area (Å²) in [5.74, 6) is -0.364. The van der Waals surface area contributed by atoms with E-state index in [1.807, 2.05) is 62.4 Å². The van der Waals surface area contributed by atoms with Gasteiger partial charge in [-0.15, -0.1) is 0 Å². The number of nitrogens with one attached hydrogen (secondary N) is 1. The van der Waals surface area contributed by atoms with Gasteiger partial charge in [0.2, 0.25) is 11.8 Å². The molecule has 2 amide bonds. The number of carbonyl (C=O) groups is 2. The summed E-state index contributed by atoms with van der Waals surface area (Å²) in [4.78, 5) is 25.7. The van der Waals surface area contributed by atoms with E-state index < -0.39 is 0 Å². The third-order valence-electron chi connectivity index (χ3n) is 3.67. The van der Waals surface area contributed by atoms with Gasteiger partial charge in [-0.2, -0.15) is 0 Å². The van der Waals surface area contributed by atoms with Crippen LogP contribution < -0.4 is 10.2 Å². The number of para-hydroxylation sites is 1. The lowest BCUT2D eigenvalue weighted by Crippen LogP contribution is -2.36. The molecule has 0 aliphatic heterocycles. The molecule has 0 saturated carbocycles. The molecule has 0 fully saturated rings. The first kappa shape index (κ1) is 16.7. The Morgan fingerprint density at radius 3 is 2.48 bits per heavy atom. The lowest BCUT2D eigenvalue weighted by atomic mass is 10.1. The molecule has 2 rings (SSSR count). The summed E-state index contributed by atoms with van der Waals surface area (Å²) in [6.45, 7) is 5.46. The monoisotopic (exact) mass is 310 g/mol. The molecular formula is C19H22N2O2. The lowest BCUT2D eigenvalue weighted by molar-refractivity contribution is -0.120. The molecule has 0 aliphatic carbocycles. The molecule has 4 heteroatoms. The molecule has 4 nitrogen and oxygen atoms in total. The number of hydrogen-bond donors (Lipinski definition) is 1. The van der Waals surface area contributed by atoms with Gasteiger partial charge in [0, 0.05) is 18.3 Å². The molecule has 0 radical (unpaired) electrons. The zero-order valence-electron chi connectivity index (χ0n) is 13.8. The molecule has 0 atom stereocenters. The predicted molar refractivity (Wildman–Crippen MR) is 93.7 cm³/mol. The SMILES string of the molecule is CCc1ccccc1NC(=O)CN(C(C)=O)c1cccc(C)c1. The molecule has 0 spiro atoms. The summed E-state index contributed by atoms with van der Waals surface area (Å²) in [5, 5.41) is 2.90. The normalized spacial score (nSPS) is 10.2. The van der Waals surface area contributed by atoms with Crippen molar-refractivity contribution < 1.29 is 9.59 Å². The number of anilines is 2. The Morgan fingerprint density at radius 2 is 1.83 bits per heavy atom. The Kier molecular flexibility index (Phi) is 5.52. The van der Waals surface area contributed by atoms with Crippen molar-refractivity contribution in [1.82, 2.24) is 0 Å². The maximum atomic E-state index is 12.3. The second kappa shape index (κ2) is 7.58. The van der Waals surface area contributed by atoms with E-state index in [1.54, 1.807) is 0 Å². The van der Waals surface area contributed by atoms with Crippen LogP contribution in [0.3, 0.4) is 0 Å². The first-order valence-electron chi connectivity index (χ1n) is 7.73. The third kappa shape index (κ3) is 4.42. The standard InChI is InChI=1S/C19H22N2O2/c1-4-16-9-5-6-11-18(16)20-19(23)13-21(15(3)22)17-10-7-8-14(2)12-17/h5-12H,4,13H2,1-3H3,(H,20,23). The minimum Gasteiger partial charge on any atom is -0.324 e. The van der Waals surface area contributed by atoms with Crippen LogP contribution in [0.4, 0.5) is 11.4 Å². The predicted octanol–water partition coefficient (Wildman–Crippen LogP) is 3.55. The van der Waals surface area contributed by atoms with E-state index in [0.717, 1.165) is 28.9 Å². The zero-order valence-corrected chi connectivity index (χ0v) is 13.8. The maximum Gasteiger partial charge on any atom is 0.244 e. The molecule has 0 saturated heterocycles. The van der Waals surface area contributed by atoms with Crippen molar-refractivity contribution in [2.45, 2.75) is 27.2 Å². The molecule has 0 aromatic heterocycles. The Morgan fingerprint density at radius 1 is 1.09 bits per heavy atom. The van der Waals surface area contributed by atoms with Crippen molar-refractivity contribution in [2.24, 2.45) is 0 Å². The number of nitrogens with zero attached hydrogens (tertiary/aromatic N) is 1. The Bertz CT molecular complexity index is 710. The van der Waals surface area contributed by atoms with E-state index in [2.05, 4.69) is 5.32 Å². The summed E-state index contributed by atoms with van der Waals surface area (Å²) in [7, 11) is 0. The number of amides is 2. The van der Waals surface area contributed by atoms with Crippen molar-refractivity contribution in [3.8, 4) is 0 Å². The van der Waals surface area contributed by atoms with Crippen LogP contribution in [0.2, 0.25) is 0 Å². The van der Waals surface area contributed by atoms with Gasteiger partial charge in [-0.05, 0) is 42.7 Å². The highest BCUT2D eigenvalue weighted by Crippen LogP contribution is 2.18. The minimum atomic E-state index is -0.206. The first-order valence-corrected chi connectivity index (χ1v) is 7.73. The molecule has 120 valence electrons. The number of rotatable bonds is 5. The zero-order chi connectivity index (χ0) is 16.8. The van der Waals surface area contributed by atoms with E-state index >= 15 is 0 Å². The van der Waals surface area contributed by atoms with Gasteiger partial charge in [-0.3, -0.25) is 9.59 Å². The average molecular weight is 310 g/mol. The molecule has 0 heterocycles. The quantitative estimate of drug-likeness (QED) is 0.918. The summed E-state index contributed by atoms with van der Waals surface area (Å²) >= 11 is 0. The summed E-state index contributed by atoms with van der Waals surface area (Å²) in [6.07, 6.45) is 0.838. The van der Waals surface area contributed by atoms with Gasteiger partial charge in [0.1, 0.15) is 6.54 Å². The molecule has 2 aromatic rings. The fourth-order valence-corrected chi connectivity index (χ4v) is 2.46. The second-order valence-electron chi connectivity index (χ2n) is 5.50. The molecule has 0 unspecified atom stereocenters. The Hall–Kier alpha value is -2.62.